The van der Waals surface area contributed by atoms with Crippen molar-refractivity contribution in [3.05, 3.63) is 53.2 Å². The lowest BCUT2D eigenvalue weighted by Gasteiger charge is -2.27. The summed E-state index contributed by atoms with van der Waals surface area (Å²) in [6.07, 6.45) is 5.08. The number of esters is 1. The van der Waals surface area contributed by atoms with Crippen molar-refractivity contribution in [3.63, 3.8) is 0 Å². The molecule has 0 fully saturated rings. The number of hydrogen-bond donors (Lipinski definition) is 2. The number of rotatable bonds is 11. The van der Waals surface area contributed by atoms with Gasteiger partial charge < -0.3 is 28.8 Å². The van der Waals surface area contributed by atoms with Crippen LogP contribution in [0, 0.1) is 5.92 Å². The van der Waals surface area contributed by atoms with E-state index in [1.54, 1.807) is 26.2 Å². The van der Waals surface area contributed by atoms with Crippen molar-refractivity contribution in [3.8, 4) is 5.75 Å². The largest absolute Gasteiger partial charge is 0.496 e. The number of aliphatic hydroxyl groups is 2. The number of methoxy groups -OCH3 is 2. The quantitative estimate of drug-likeness (QED) is 0.493. The molecule has 1 aliphatic rings. The summed E-state index contributed by atoms with van der Waals surface area (Å²) in [7, 11) is 3.13. The SMILES string of the molecule is CC[C@@H](O)[C@@H](C)[C@@H](O)Cc1nc(/C=C/[C@H](C[C@@H]2Cc3cccc(OC)c3C(=O)O2)OC)co1. The highest BCUT2D eigenvalue weighted by molar-refractivity contribution is 5.95. The van der Waals surface area contributed by atoms with E-state index in [0.717, 1.165) is 5.56 Å². The molecule has 0 spiro atoms. The van der Waals surface area contributed by atoms with Crippen LogP contribution < -0.4 is 4.74 Å². The van der Waals surface area contributed by atoms with E-state index in [1.165, 1.54) is 13.4 Å². The Bertz CT molecular complexity index is 954. The number of hydrogen-bond acceptors (Lipinski definition) is 8. The molecular weight excluding hydrogens is 426 g/mol. The summed E-state index contributed by atoms with van der Waals surface area (Å²) in [5.74, 6) is 0.254. The third-order valence-electron chi connectivity index (χ3n) is 6.12. The van der Waals surface area contributed by atoms with Gasteiger partial charge in [0.15, 0.2) is 5.89 Å². The van der Waals surface area contributed by atoms with Gasteiger partial charge in [-0.1, -0.05) is 32.1 Å². The Labute approximate surface area is 194 Å². The second-order valence-corrected chi connectivity index (χ2v) is 8.37. The van der Waals surface area contributed by atoms with Crippen molar-refractivity contribution in [2.45, 2.75) is 63.9 Å². The first-order chi connectivity index (χ1) is 15.9. The second kappa shape index (κ2) is 11.4. The summed E-state index contributed by atoms with van der Waals surface area (Å²) in [4.78, 5) is 16.9. The Morgan fingerprint density at radius 2 is 2.06 bits per heavy atom. The van der Waals surface area contributed by atoms with Gasteiger partial charge in [0.1, 0.15) is 29.4 Å². The fourth-order valence-electron chi connectivity index (χ4n) is 3.98. The number of carbonyl (C=O) groups is 1. The summed E-state index contributed by atoms with van der Waals surface area (Å²) in [5.41, 5.74) is 1.98. The highest BCUT2D eigenvalue weighted by Gasteiger charge is 2.30. The number of cyclic esters (lactones) is 1. The molecule has 5 atom stereocenters. The number of ether oxygens (including phenoxy) is 3. The van der Waals surface area contributed by atoms with E-state index in [0.29, 0.717) is 42.2 Å². The van der Waals surface area contributed by atoms with Crippen LogP contribution in [0.15, 0.2) is 35.0 Å². The van der Waals surface area contributed by atoms with Crippen molar-refractivity contribution in [2.24, 2.45) is 5.92 Å². The zero-order chi connectivity index (χ0) is 24.0. The third-order valence-corrected chi connectivity index (χ3v) is 6.12. The van der Waals surface area contributed by atoms with Gasteiger partial charge in [-0.15, -0.1) is 0 Å². The number of nitrogens with zero attached hydrogens (tertiary/aromatic N) is 1. The van der Waals surface area contributed by atoms with E-state index in [1.807, 2.05) is 25.1 Å². The van der Waals surface area contributed by atoms with E-state index >= 15 is 0 Å². The van der Waals surface area contributed by atoms with E-state index in [2.05, 4.69) is 4.98 Å². The Hall–Kier alpha value is -2.68. The maximum absolute atomic E-state index is 12.5. The first kappa shape index (κ1) is 25.0. The molecule has 0 bridgehead atoms. The van der Waals surface area contributed by atoms with Crippen molar-refractivity contribution in [1.82, 2.24) is 4.98 Å². The predicted octanol–water partition coefficient (Wildman–Crippen LogP) is 3.19. The molecule has 1 aromatic heterocycles. The summed E-state index contributed by atoms with van der Waals surface area (Å²) in [6.45, 7) is 3.68. The first-order valence-electron chi connectivity index (χ1n) is 11.2. The summed E-state index contributed by atoms with van der Waals surface area (Å²) in [6, 6.07) is 5.53. The van der Waals surface area contributed by atoms with Crippen molar-refractivity contribution >= 4 is 12.0 Å². The van der Waals surface area contributed by atoms with Gasteiger partial charge in [0, 0.05) is 25.9 Å². The predicted molar refractivity (Wildman–Crippen MR) is 122 cm³/mol. The Morgan fingerprint density at radius 3 is 2.76 bits per heavy atom. The highest BCUT2D eigenvalue weighted by Crippen LogP contribution is 2.30. The molecule has 8 nitrogen and oxygen atoms in total. The number of oxazole rings is 1. The maximum Gasteiger partial charge on any atom is 0.342 e. The van der Waals surface area contributed by atoms with Gasteiger partial charge in [0.25, 0.3) is 0 Å². The summed E-state index contributed by atoms with van der Waals surface area (Å²) < 4.78 is 21.9. The monoisotopic (exact) mass is 459 g/mol. The number of benzene rings is 1. The van der Waals surface area contributed by atoms with Gasteiger partial charge in [-0.05, 0) is 24.1 Å². The Kier molecular flexibility index (Phi) is 8.66. The van der Waals surface area contributed by atoms with E-state index < -0.39 is 12.2 Å². The van der Waals surface area contributed by atoms with Crippen LogP contribution in [0.1, 0.15) is 54.2 Å². The standard InChI is InChI=1S/C25H33NO7/c1-5-20(27)15(2)21(28)13-23-26-17(14-32-23)9-10-18(30-3)12-19-11-16-7-6-8-22(31-4)24(16)25(29)33-19/h6-10,14-15,18-21,27-28H,5,11-13H2,1-4H3/b10-9+/t15-,18-,19+,20-,21+/m1/s1. The second-order valence-electron chi connectivity index (χ2n) is 8.37. The van der Waals surface area contributed by atoms with E-state index in [9.17, 15) is 15.0 Å². The molecule has 1 aromatic carbocycles. The molecule has 2 aromatic rings. The molecule has 0 aliphatic carbocycles. The van der Waals surface area contributed by atoms with Crippen LogP contribution in [0.4, 0.5) is 0 Å². The zero-order valence-corrected chi connectivity index (χ0v) is 19.6. The molecular formula is C25H33NO7. The van der Waals surface area contributed by atoms with Gasteiger partial charge in [-0.25, -0.2) is 9.78 Å². The molecule has 2 heterocycles. The van der Waals surface area contributed by atoms with Crippen LogP contribution in [0.25, 0.3) is 6.08 Å². The van der Waals surface area contributed by atoms with E-state index in [-0.39, 0.29) is 30.5 Å². The minimum absolute atomic E-state index is 0.223. The van der Waals surface area contributed by atoms with Crippen molar-refractivity contribution < 1.29 is 33.6 Å². The van der Waals surface area contributed by atoms with Crippen LogP contribution in [0.5, 0.6) is 5.75 Å². The van der Waals surface area contributed by atoms with Crippen LogP contribution in [0.2, 0.25) is 0 Å². The minimum atomic E-state index is -0.746. The molecule has 0 unspecified atom stereocenters. The first-order valence-corrected chi connectivity index (χ1v) is 11.2. The molecule has 1 aliphatic heterocycles. The zero-order valence-electron chi connectivity index (χ0n) is 19.6. The molecule has 3 rings (SSSR count). The van der Waals surface area contributed by atoms with Gasteiger partial charge in [0.05, 0.1) is 31.8 Å². The molecule has 0 amide bonds. The van der Waals surface area contributed by atoms with Crippen LogP contribution in [-0.4, -0.2) is 59.8 Å². The normalized spacial score (nSPS) is 19.6. The van der Waals surface area contributed by atoms with Gasteiger partial charge in [-0.3, -0.25) is 0 Å². The molecule has 0 saturated heterocycles. The molecule has 0 radical (unpaired) electrons. The Balaban J connectivity index is 1.59. The number of carbonyl (C=O) groups excluding carboxylic acids is 1. The van der Waals surface area contributed by atoms with Crippen LogP contribution >= 0.6 is 0 Å². The average molecular weight is 460 g/mol. The Morgan fingerprint density at radius 1 is 1.27 bits per heavy atom. The van der Waals surface area contributed by atoms with Gasteiger partial charge >= 0.3 is 5.97 Å². The number of fused-ring (bicyclic) bond motifs is 1. The fourth-order valence-corrected chi connectivity index (χ4v) is 3.98. The van der Waals surface area contributed by atoms with Gasteiger partial charge in [0.2, 0.25) is 0 Å². The summed E-state index contributed by atoms with van der Waals surface area (Å²) in [5, 5.41) is 20.2. The van der Waals surface area contributed by atoms with Gasteiger partial charge in [-0.2, -0.15) is 0 Å². The van der Waals surface area contributed by atoms with E-state index in [4.69, 9.17) is 18.6 Å². The smallest absolute Gasteiger partial charge is 0.342 e. The lowest BCUT2D eigenvalue weighted by atomic mass is 9.94. The molecule has 8 heteroatoms. The maximum atomic E-state index is 12.5. The van der Waals surface area contributed by atoms with Crippen molar-refractivity contribution in [1.29, 1.82) is 0 Å². The highest BCUT2D eigenvalue weighted by atomic mass is 16.5. The van der Waals surface area contributed by atoms with Crippen LogP contribution in [0.3, 0.4) is 0 Å². The molecule has 180 valence electrons. The lowest BCUT2D eigenvalue weighted by Crippen LogP contribution is -2.31. The van der Waals surface area contributed by atoms with Crippen molar-refractivity contribution in [2.75, 3.05) is 14.2 Å². The summed E-state index contributed by atoms with van der Waals surface area (Å²) >= 11 is 0. The third kappa shape index (κ3) is 6.22. The average Bonchev–Trinajstić information content (AvgIpc) is 3.27. The number of aliphatic hydroxyl groups excluding tert-OH is 2. The topological polar surface area (TPSA) is 111 Å². The minimum Gasteiger partial charge on any atom is -0.496 e. The number of aromatic nitrogens is 1. The molecule has 0 saturated carbocycles. The fraction of sp³-hybridized carbons (Fsp3) is 0.520. The lowest BCUT2D eigenvalue weighted by molar-refractivity contribution is 0.00938. The van der Waals surface area contributed by atoms with Crippen LogP contribution in [-0.2, 0) is 22.3 Å². The molecule has 33 heavy (non-hydrogen) atoms. The molecule has 2 N–H and O–H groups in total.